The highest BCUT2D eigenvalue weighted by Crippen LogP contribution is 2.23. The monoisotopic (exact) mass is 230 g/mol. The van der Waals surface area contributed by atoms with Crippen molar-refractivity contribution in [3.05, 3.63) is 0 Å². The van der Waals surface area contributed by atoms with Crippen LogP contribution in [-0.4, -0.2) is 31.9 Å². The van der Waals surface area contributed by atoms with E-state index in [2.05, 4.69) is 9.47 Å². The van der Waals surface area contributed by atoms with E-state index in [1.165, 1.54) is 14.2 Å². The summed E-state index contributed by atoms with van der Waals surface area (Å²) in [5.74, 6) is -2.72. The number of esters is 2. The summed E-state index contributed by atoms with van der Waals surface area (Å²) >= 11 is 0. The second-order valence-corrected chi connectivity index (χ2v) is 4.47. The Morgan fingerprint density at radius 1 is 1.06 bits per heavy atom. The molecule has 0 amide bonds. The van der Waals surface area contributed by atoms with Gasteiger partial charge in [-0.25, -0.2) is 0 Å². The highest BCUT2D eigenvalue weighted by atomic mass is 16.5. The summed E-state index contributed by atoms with van der Waals surface area (Å²) in [6, 6.07) is 0. The normalized spacial score (nSPS) is 12.8. The van der Waals surface area contributed by atoms with E-state index >= 15 is 0 Å². The number of hydrogen-bond donors (Lipinski definition) is 0. The summed E-state index contributed by atoms with van der Waals surface area (Å²) in [4.78, 5) is 34.4. The highest BCUT2D eigenvalue weighted by Gasteiger charge is 2.37. The summed E-state index contributed by atoms with van der Waals surface area (Å²) in [5.41, 5.74) is -0.702. The maximum Gasteiger partial charge on any atom is 0.316 e. The van der Waals surface area contributed by atoms with Gasteiger partial charge in [0.2, 0.25) is 0 Å². The van der Waals surface area contributed by atoms with Gasteiger partial charge in [0, 0.05) is 5.41 Å². The molecule has 5 nitrogen and oxygen atoms in total. The fourth-order valence-electron chi connectivity index (χ4n) is 1.20. The lowest BCUT2D eigenvalue weighted by atomic mass is 9.81. The summed E-state index contributed by atoms with van der Waals surface area (Å²) in [6.45, 7) is 5.05. The zero-order valence-corrected chi connectivity index (χ0v) is 10.3. The molecule has 0 radical (unpaired) electrons. The topological polar surface area (TPSA) is 69.7 Å². The molecule has 0 rings (SSSR count). The van der Waals surface area contributed by atoms with Crippen molar-refractivity contribution in [1.82, 2.24) is 0 Å². The van der Waals surface area contributed by atoms with Crippen LogP contribution >= 0.6 is 0 Å². The lowest BCUT2D eigenvalue weighted by Crippen LogP contribution is -2.36. The van der Waals surface area contributed by atoms with Crippen molar-refractivity contribution in [2.45, 2.75) is 27.2 Å². The predicted octanol–water partition coefficient (Wildman–Crippen LogP) is 0.954. The van der Waals surface area contributed by atoms with E-state index in [1.807, 2.05) is 0 Å². The van der Waals surface area contributed by atoms with Gasteiger partial charge in [0.05, 0.1) is 20.6 Å². The molecule has 16 heavy (non-hydrogen) atoms. The van der Waals surface area contributed by atoms with E-state index in [9.17, 15) is 14.4 Å². The van der Waals surface area contributed by atoms with E-state index in [1.54, 1.807) is 20.8 Å². The largest absolute Gasteiger partial charge is 0.469 e. The zero-order valence-electron chi connectivity index (χ0n) is 10.3. The molecule has 0 aromatic heterocycles. The number of hydrogen-bond acceptors (Lipinski definition) is 5. The Hall–Kier alpha value is -1.39. The molecule has 0 saturated heterocycles. The molecule has 92 valence electrons. The number of ketones is 1. The molecule has 0 N–H and O–H groups in total. The van der Waals surface area contributed by atoms with Crippen molar-refractivity contribution >= 4 is 17.7 Å². The van der Waals surface area contributed by atoms with Crippen molar-refractivity contribution in [2.24, 2.45) is 11.3 Å². The molecule has 0 bridgehead atoms. The Kier molecular flexibility index (Phi) is 5.14. The first-order chi connectivity index (χ1) is 7.23. The summed E-state index contributed by atoms with van der Waals surface area (Å²) in [5, 5.41) is 0. The van der Waals surface area contributed by atoms with Crippen molar-refractivity contribution in [2.75, 3.05) is 14.2 Å². The van der Waals surface area contributed by atoms with Crippen LogP contribution in [0.1, 0.15) is 27.2 Å². The van der Waals surface area contributed by atoms with Crippen molar-refractivity contribution in [3.63, 3.8) is 0 Å². The van der Waals surface area contributed by atoms with Crippen LogP contribution in [0.4, 0.5) is 0 Å². The van der Waals surface area contributed by atoms with Gasteiger partial charge in [0.1, 0.15) is 5.92 Å². The molecule has 1 unspecified atom stereocenters. The van der Waals surface area contributed by atoms with Crippen LogP contribution < -0.4 is 0 Å². The molecule has 1 atom stereocenters. The third-order valence-corrected chi connectivity index (χ3v) is 2.14. The van der Waals surface area contributed by atoms with Gasteiger partial charge in [-0.15, -0.1) is 0 Å². The Bertz CT molecular complexity index is 287. The van der Waals surface area contributed by atoms with Crippen LogP contribution in [0.3, 0.4) is 0 Å². The minimum atomic E-state index is -1.09. The Morgan fingerprint density at radius 3 is 1.88 bits per heavy atom. The van der Waals surface area contributed by atoms with Gasteiger partial charge < -0.3 is 9.47 Å². The van der Waals surface area contributed by atoms with Crippen LogP contribution in [0.15, 0.2) is 0 Å². The average molecular weight is 230 g/mol. The number of carbonyl (C=O) groups excluding carboxylic acids is 3. The first kappa shape index (κ1) is 14.6. The molecule has 0 aromatic rings. The molecular formula is C11H18O5. The molecule has 0 spiro atoms. The highest BCUT2D eigenvalue weighted by molar-refractivity contribution is 6.03. The maximum absolute atomic E-state index is 11.9. The van der Waals surface area contributed by atoms with Crippen molar-refractivity contribution in [3.8, 4) is 0 Å². The molecule has 0 aromatic carbocycles. The molecule has 0 aliphatic rings. The van der Waals surface area contributed by atoms with Crippen molar-refractivity contribution < 1.29 is 23.9 Å². The fourth-order valence-corrected chi connectivity index (χ4v) is 1.20. The number of ether oxygens (including phenoxy) is 2. The summed E-state index contributed by atoms with van der Waals surface area (Å²) < 4.78 is 8.95. The quantitative estimate of drug-likeness (QED) is 0.531. The van der Waals surface area contributed by atoms with Crippen LogP contribution in [0.25, 0.3) is 0 Å². The summed E-state index contributed by atoms with van der Waals surface area (Å²) in [6.07, 6.45) is -0.278. The Labute approximate surface area is 95.1 Å². The van der Waals surface area contributed by atoms with E-state index < -0.39 is 23.3 Å². The second-order valence-electron chi connectivity index (χ2n) is 4.47. The fraction of sp³-hybridized carbons (Fsp3) is 0.727. The van der Waals surface area contributed by atoms with E-state index in [-0.39, 0.29) is 12.2 Å². The number of methoxy groups -OCH3 is 2. The molecule has 0 fully saturated rings. The molecule has 5 heteroatoms. The first-order valence-electron chi connectivity index (χ1n) is 4.93. The van der Waals surface area contributed by atoms with Gasteiger partial charge in [-0.3, -0.25) is 14.4 Å². The molecule has 0 heterocycles. The van der Waals surface area contributed by atoms with E-state index in [0.29, 0.717) is 0 Å². The second kappa shape index (κ2) is 5.63. The lowest BCUT2D eigenvalue weighted by molar-refractivity contribution is -0.157. The van der Waals surface area contributed by atoms with E-state index in [4.69, 9.17) is 0 Å². The standard InChI is InChI=1S/C11H18O5/c1-11(2,3)9(13)7(10(14)16-5)6-8(12)15-4/h7H,6H2,1-5H3. The van der Waals surface area contributed by atoms with Crippen LogP contribution in [0.5, 0.6) is 0 Å². The van der Waals surface area contributed by atoms with Gasteiger partial charge in [-0.05, 0) is 0 Å². The predicted molar refractivity (Wildman–Crippen MR) is 56.6 cm³/mol. The van der Waals surface area contributed by atoms with Crippen LogP contribution in [-0.2, 0) is 23.9 Å². The lowest BCUT2D eigenvalue weighted by Gasteiger charge is -2.22. The average Bonchev–Trinajstić information content (AvgIpc) is 2.22. The zero-order chi connectivity index (χ0) is 12.9. The number of rotatable bonds is 4. The van der Waals surface area contributed by atoms with Gasteiger partial charge in [0.25, 0.3) is 0 Å². The maximum atomic E-state index is 11.9. The summed E-state index contributed by atoms with van der Waals surface area (Å²) in [7, 11) is 2.39. The van der Waals surface area contributed by atoms with E-state index in [0.717, 1.165) is 0 Å². The molecule has 0 saturated carbocycles. The molecular weight excluding hydrogens is 212 g/mol. The molecule has 0 aliphatic carbocycles. The third-order valence-electron chi connectivity index (χ3n) is 2.14. The van der Waals surface area contributed by atoms with Crippen LogP contribution in [0, 0.1) is 11.3 Å². The Balaban J connectivity index is 4.89. The minimum absolute atomic E-state index is 0.278. The minimum Gasteiger partial charge on any atom is -0.469 e. The Morgan fingerprint density at radius 2 is 1.56 bits per heavy atom. The molecule has 0 aliphatic heterocycles. The van der Waals surface area contributed by atoms with Gasteiger partial charge >= 0.3 is 11.9 Å². The van der Waals surface area contributed by atoms with Crippen molar-refractivity contribution in [1.29, 1.82) is 0 Å². The third kappa shape index (κ3) is 4.00. The van der Waals surface area contributed by atoms with Gasteiger partial charge in [0.15, 0.2) is 5.78 Å². The SMILES string of the molecule is COC(=O)CC(C(=O)OC)C(=O)C(C)(C)C. The van der Waals surface area contributed by atoms with Crippen LogP contribution in [0.2, 0.25) is 0 Å². The van der Waals surface area contributed by atoms with Gasteiger partial charge in [-0.1, -0.05) is 20.8 Å². The number of carbonyl (C=O) groups is 3. The number of Topliss-reactive ketones (excluding diaryl/α,β-unsaturated/α-hetero) is 1. The van der Waals surface area contributed by atoms with Gasteiger partial charge in [-0.2, -0.15) is 0 Å². The smallest absolute Gasteiger partial charge is 0.316 e. The first-order valence-corrected chi connectivity index (χ1v) is 4.93.